The Morgan fingerprint density at radius 2 is 1.96 bits per heavy atom. The molecule has 0 amide bonds. The van der Waals surface area contributed by atoms with Crippen LogP contribution in [-0.4, -0.2) is 46.3 Å². The third kappa shape index (κ3) is 3.05. The van der Waals surface area contributed by atoms with Crippen LogP contribution in [0.3, 0.4) is 0 Å². The largest absolute Gasteiger partial charge is 0.418 e. The molecule has 3 aromatic rings. The van der Waals surface area contributed by atoms with Crippen LogP contribution in [0, 0.1) is 0 Å². The summed E-state index contributed by atoms with van der Waals surface area (Å²) < 4.78 is 5.88. The second-order valence-corrected chi connectivity index (χ2v) is 6.76. The van der Waals surface area contributed by atoms with Crippen molar-refractivity contribution in [3.63, 3.8) is 0 Å². The molecule has 0 N–H and O–H groups in total. The predicted octanol–water partition coefficient (Wildman–Crippen LogP) is 3.08. The Balaban J connectivity index is 1.40. The maximum absolute atomic E-state index is 5.88. The number of hydrogen-bond donors (Lipinski definition) is 0. The van der Waals surface area contributed by atoms with Crippen LogP contribution in [0.4, 0.5) is 5.82 Å². The molecule has 1 saturated heterocycles. The van der Waals surface area contributed by atoms with E-state index in [1.54, 1.807) is 11.3 Å². The van der Waals surface area contributed by atoms with Gasteiger partial charge in [-0.15, -0.1) is 21.5 Å². The van der Waals surface area contributed by atoms with Gasteiger partial charge in [0.25, 0.3) is 5.89 Å². The molecule has 4 heterocycles. The predicted molar refractivity (Wildman–Crippen MR) is 94.0 cm³/mol. The summed E-state index contributed by atoms with van der Waals surface area (Å²) in [5, 5.41) is 10.4. The number of aromatic nitrogens is 3. The van der Waals surface area contributed by atoms with Gasteiger partial charge < -0.3 is 9.32 Å². The lowest BCUT2D eigenvalue weighted by Crippen LogP contribution is -2.47. The smallest absolute Gasteiger partial charge is 0.257 e. The Hall–Kier alpha value is -2.25. The standard InChI is InChI=1S/C17H19N5OS/c1-13(16-19-20-17(23-16)14-5-4-12-24-14)21-8-10-22(11-9-21)15-6-2-3-7-18-15/h2-7,12-13H,8-11H2,1H3/t13-/m1/s1. The molecule has 0 saturated carbocycles. The lowest BCUT2D eigenvalue weighted by molar-refractivity contribution is 0.173. The monoisotopic (exact) mass is 341 g/mol. The van der Waals surface area contributed by atoms with Gasteiger partial charge in [0.1, 0.15) is 5.82 Å². The maximum atomic E-state index is 5.88. The second-order valence-electron chi connectivity index (χ2n) is 5.81. The van der Waals surface area contributed by atoms with E-state index >= 15 is 0 Å². The minimum absolute atomic E-state index is 0.122. The highest BCUT2D eigenvalue weighted by Crippen LogP contribution is 2.27. The summed E-state index contributed by atoms with van der Waals surface area (Å²) in [4.78, 5) is 10.1. The first kappa shape index (κ1) is 15.3. The number of pyridine rings is 1. The van der Waals surface area contributed by atoms with Gasteiger partial charge in [0, 0.05) is 32.4 Å². The summed E-state index contributed by atoms with van der Waals surface area (Å²) in [5.41, 5.74) is 0. The summed E-state index contributed by atoms with van der Waals surface area (Å²) in [6.45, 7) is 5.94. The van der Waals surface area contributed by atoms with Gasteiger partial charge in [0.2, 0.25) is 5.89 Å². The minimum Gasteiger partial charge on any atom is -0.418 e. The zero-order chi connectivity index (χ0) is 16.4. The SMILES string of the molecule is C[C@H](c1nnc(-c2cccs2)o1)N1CCN(c2ccccn2)CC1. The minimum atomic E-state index is 0.122. The first-order valence-electron chi connectivity index (χ1n) is 8.08. The van der Waals surface area contributed by atoms with Gasteiger partial charge in [-0.3, -0.25) is 4.90 Å². The topological polar surface area (TPSA) is 58.3 Å². The first-order valence-corrected chi connectivity index (χ1v) is 8.96. The molecule has 0 radical (unpaired) electrons. The molecule has 7 heteroatoms. The van der Waals surface area contributed by atoms with Crippen LogP contribution in [-0.2, 0) is 0 Å². The van der Waals surface area contributed by atoms with E-state index in [0.29, 0.717) is 11.8 Å². The van der Waals surface area contributed by atoms with Crippen LogP contribution in [0.5, 0.6) is 0 Å². The van der Waals surface area contributed by atoms with E-state index in [2.05, 4.69) is 38.0 Å². The summed E-state index contributed by atoms with van der Waals surface area (Å²) >= 11 is 1.61. The van der Waals surface area contributed by atoms with Gasteiger partial charge in [-0.2, -0.15) is 0 Å². The fourth-order valence-electron chi connectivity index (χ4n) is 2.94. The molecule has 1 aliphatic heterocycles. The van der Waals surface area contributed by atoms with Gasteiger partial charge in [-0.1, -0.05) is 12.1 Å². The molecule has 4 rings (SSSR count). The molecular formula is C17H19N5OS. The average molecular weight is 341 g/mol. The van der Waals surface area contributed by atoms with Crippen LogP contribution >= 0.6 is 11.3 Å². The normalized spacial score (nSPS) is 17.1. The van der Waals surface area contributed by atoms with E-state index in [9.17, 15) is 0 Å². The molecular weight excluding hydrogens is 322 g/mol. The summed E-state index contributed by atoms with van der Waals surface area (Å²) in [6, 6.07) is 10.1. The van der Waals surface area contributed by atoms with Crippen molar-refractivity contribution in [1.29, 1.82) is 0 Å². The van der Waals surface area contributed by atoms with Crippen molar-refractivity contribution in [1.82, 2.24) is 20.1 Å². The van der Waals surface area contributed by atoms with E-state index in [4.69, 9.17) is 4.42 Å². The van der Waals surface area contributed by atoms with Crippen LogP contribution in [0.1, 0.15) is 18.9 Å². The number of hydrogen-bond acceptors (Lipinski definition) is 7. The van der Waals surface area contributed by atoms with Gasteiger partial charge in [-0.25, -0.2) is 4.98 Å². The molecule has 0 aliphatic carbocycles. The Labute approximate surface area is 144 Å². The maximum Gasteiger partial charge on any atom is 0.257 e. The van der Waals surface area contributed by atoms with Crippen molar-refractivity contribution in [2.75, 3.05) is 31.1 Å². The zero-order valence-electron chi connectivity index (χ0n) is 13.5. The molecule has 0 unspecified atom stereocenters. The molecule has 1 atom stereocenters. The number of piperazine rings is 1. The first-order chi connectivity index (χ1) is 11.8. The number of thiophene rings is 1. The van der Waals surface area contributed by atoms with Gasteiger partial charge in [0.05, 0.1) is 10.9 Å². The highest BCUT2D eigenvalue weighted by molar-refractivity contribution is 7.13. The lowest BCUT2D eigenvalue weighted by atomic mass is 10.2. The van der Waals surface area contributed by atoms with Gasteiger partial charge in [-0.05, 0) is 30.5 Å². The quantitative estimate of drug-likeness (QED) is 0.727. The van der Waals surface area contributed by atoms with Crippen molar-refractivity contribution in [2.24, 2.45) is 0 Å². The third-order valence-electron chi connectivity index (χ3n) is 4.37. The Morgan fingerprint density at radius 3 is 2.67 bits per heavy atom. The summed E-state index contributed by atoms with van der Waals surface area (Å²) in [6.07, 6.45) is 1.84. The molecule has 0 bridgehead atoms. The van der Waals surface area contributed by atoms with Crippen LogP contribution < -0.4 is 4.90 Å². The molecule has 6 nitrogen and oxygen atoms in total. The van der Waals surface area contributed by atoms with Crippen LogP contribution in [0.2, 0.25) is 0 Å². The van der Waals surface area contributed by atoms with Crippen LogP contribution in [0.25, 0.3) is 10.8 Å². The van der Waals surface area contributed by atoms with Gasteiger partial charge in [0.15, 0.2) is 0 Å². The zero-order valence-corrected chi connectivity index (χ0v) is 14.3. The van der Waals surface area contributed by atoms with Crippen molar-refractivity contribution in [3.05, 3.63) is 47.8 Å². The molecule has 1 aliphatic rings. The highest BCUT2D eigenvalue weighted by atomic mass is 32.1. The third-order valence-corrected chi connectivity index (χ3v) is 5.22. The number of rotatable bonds is 4. The van der Waals surface area contributed by atoms with Crippen LogP contribution in [0.15, 0.2) is 46.3 Å². The average Bonchev–Trinajstić information content (AvgIpc) is 3.33. The van der Waals surface area contributed by atoms with Crippen molar-refractivity contribution < 1.29 is 4.42 Å². The Kier molecular flexibility index (Phi) is 4.27. The number of anilines is 1. The molecule has 0 spiro atoms. The molecule has 1 fully saturated rings. The van der Waals surface area contributed by atoms with Crippen molar-refractivity contribution >= 4 is 17.2 Å². The van der Waals surface area contributed by atoms with E-state index < -0.39 is 0 Å². The fraction of sp³-hybridized carbons (Fsp3) is 0.353. The Bertz CT molecular complexity index is 765. The van der Waals surface area contributed by atoms with Crippen molar-refractivity contribution in [2.45, 2.75) is 13.0 Å². The van der Waals surface area contributed by atoms with E-state index in [-0.39, 0.29) is 6.04 Å². The van der Waals surface area contributed by atoms with Crippen molar-refractivity contribution in [3.8, 4) is 10.8 Å². The lowest BCUT2D eigenvalue weighted by Gasteiger charge is -2.37. The Morgan fingerprint density at radius 1 is 1.08 bits per heavy atom. The summed E-state index contributed by atoms with van der Waals surface area (Å²) in [5.74, 6) is 2.34. The van der Waals surface area contributed by atoms with E-state index in [1.807, 2.05) is 35.8 Å². The number of nitrogens with zero attached hydrogens (tertiary/aromatic N) is 5. The highest BCUT2D eigenvalue weighted by Gasteiger charge is 2.26. The summed E-state index contributed by atoms with van der Waals surface area (Å²) in [7, 11) is 0. The molecule has 0 aromatic carbocycles. The second kappa shape index (κ2) is 6.70. The molecule has 3 aromatic heterocycles. The van der Waals surface area contributed by atoms with Gasteiger partial charge >= 0.3 is 0 Å². The molecule has 24 heavy (non-hydrogen) atoms. The fourth-order valence-corrected chi connectivity index (χ4v) is 3.58. The van der Waals surface area contributed by atoms with E-state index in [0.717, 1.165) is 36.9 Å². The van der Waals surface area contributed by atoms with E-state index in [1.165, 1.54) is 0 Å². The molecule has 124 valence electrons.